The van der Waals surface area contributed by atoms with Crippen molar-refractivity contribution in [3.8, 4) is 5.82 Å². The number of anilines is 1. The summed E-state index contributed by atoms with van der Waals surface area (Å²) >= 11 is 1.52. The van der Waals surface area contributed by atoms with E-state index in [1.807, 2.05) is 60.8 Å². The zero-order valence-electron chi connectivity index (χ0n) is 15.7. The van der Waals surface area contributed by atoms with Gasteiger partial charge < -0.3 is 9.46 Å². The average Bonchev–Trinajstić information content (AvgIpc) is 3.20. The van der Waals surface area contributed by atoms with Crippen molar-refractivity contribution in [2.45, 2.75) is 23.3 Å². The Morgan fingerprint density at radius 3 is 2.75 bits per heavy atom. The smallest absolute Gasteiger partial charge is 0.153 e. The topological polar surface area (TPSA) is 69.8 Å². The average molecular weight is 392 g/mol. The highest BCUT2D eigenvalue weighted by Gasteiger charge is 2.45. The van der Waals surface area contributed by atoms with Gasteiger partial charge in [-0.3, -0.25) is 4.68 Å². The number of hydrogen-bond acceptors (Lipinski definition) is 6. The number of methoxy groups -OCH3 is 1. The molecule has 3 heterocycles. The summed E-state index contributed by atoms with van der Waals surface area (Å²) in [5.74, 6) is 0.788. The van der Waals surface area contributed by atoms with Gasteiger partial charge in [-0.15, -0.1) is 0 Å². The first-order valence-electron chi connectivity index (χ1n) is 9.09. The lowest BCUT2D eigenvalue weighted by Crippen LogP contribution is -2.07. The summed E-state index contributed by atoms with van der Waals surface area (Å²) in [5, 5.41) is 9.88. The quantitative estimate of drug-likeness (QED) is 0.502. The van der Waals surface area contributed by atoms with Gasteiger partial charge in [-0.05, 0) is 43.0 Å². The summed E-state index contributed by atoms with van der Waals surface area (Å²) < 4.78 is 12.7. The van der Waals surface area contributed by atoms with Gasteiger partial charge in [-0.25, -0.2) is 9.67 Å². The number of fused-ring (bicyclic) bond motifs is 1. The first-order chi connectivity index (χ1) is 13.7. The molecule has 1 aliphatic rings. The predicted octanol–water partition coefficient (Wildman–Crippen LogP) is 3.91. The zero-order chi connectivity index (χ0) is 19.1. The Labute approximate surface area is 166 Å². The molecule has 1 aromatic carbocycles. The fourth-order valence-corrected chi connectivity index (χ4v) is 4.04. The second-order valence-corrected chi connectivity index (χ2v) is 7.82. The highest BCUT2D eigenvalue weighted by atomic mass is 32.2. The van der Waals surface area contributed by atoms with E-state index in [1.165, 1.54) is 11.9 Å². The van der Waals surface area contributed by atoms with Gasteiger partial charge in [0, 0.05) is 42.4 Å². The van der Waals surface area contributed by atoms with Gasteiger partial charge in [-0.2, -0.15) is 10.2 Å². The van der Waals surface area contributed by atoms with Crippen LogP contribution in [0.1, 0.15) is 18.4 Å². The van der Waals surface area contributed by atoms with E-state index in [2.05, 4.69) is 26.0 Å². The summed E-state index contributed by atoms with van der Waals surface area (Å²) in [4.78, 5) is 5.57. The van der Waals surface area contributed by atoms with E-state index >= 15 is 0 Å². The molecule has 0 radical (unpaired) electrons. The molecule has 4 aromatic rings. The van der Waals surface area contributed by atoms with Crippen molar-refractivity contribution in [2.24, 2.45) is 7.05 Å². The van der Waals surface area contributed by atoms with Crippen LogP contribution in [0.4, 0.5) is 5.69 Å². The maximum Gasteiger partial charge on any atom is 0.153 e. The number of ether oxygens (including phenoxy) is 1. The number of nitrogens with zero attached hydrogens (tertiary/aromatic N) is 5. The SMILES string of the molecule is COC1(c2cnn(-c3ccc(SNc4cccc5cnn(C)c45)cn3)c2)CC1. The van der Waals surface area contributed by atoms with Crippen LogP contribution in [0.3, 0.4) is 0 Å². The molecule has 1 aliphatic carbocycles. The third-order valence-corrected chi connectivity index (χ3v) is 6.00. The maximum atomic E-state index is 5.62. The molecule has 5 rings (SSSR count). The fourth-order valence-electron chi connectivity index (χ4n) is 3.41. The van der Waals surface area contributed by atoms with Crippen molar-refractivity contribution in [1.82, 2.24) is 24.5 Å². The molecule has 28 heavy (non-hydrogen) atoms. The molecule has 0 saturated heterocycles. The maximum absolute atomic E-state index is 5.62. The van der Waals surface area contributed by atoms with Crippen LogP contribution in [0, 0.1) is 0 Å². The molecular weight excluding hydrogens is 372 g/mol. The van der Waals surface area contributed by atoms with Gasteiger partial charge in [-0.1, -0.05) is 12.1 Å². The number of nitrogens with one attached hydrogen (secondary N) is 1. The van der Waals surface area contributed by atoms with Crippen LogP contribution in [0.25, 0.3) is 16.7 Å². The van der Waals surface area contributed by atoms with Crippen LogP contribution in [-0.4, -0.2) is 31.7 Å². The first kappa shape index (κ1) is 17.3. The lowest BCUT2D eigenvalue weighted by atomic mass is 10.2. The van der Waals surface area contributed by atoms with E-state index in [-0.39, 0.29) is 5.60 Å². The van der Waals surface area contributed by atoms with Crippen molar-refractivity contribution >= 4 is 28.5 Å². The normalized spacial score (nSPS) is 15.1. The molecule has 0 spiro atoms. The van der Waals surface area contributed by atoms with E-state index in [0.717, 1.165) is 45.7 Å². The molecule has 0 unspecified atom stereocenters. The molecule has 1 fully saturated rings. The molecule has 8 heteroatoms. The van der Waals surface area contributed by atoms with E-state index in [1.54, 1.807) is 11.8 Å². The molecule has 1 N–H and O–H groups in total. The summed E-state index contributed by atoms with van der Waals surface area (Å²) in [6.07, 6.45) is 9.70. The number of benzene rings is 1. The Morgan fingerprint density at radius 2 is 2.00 bits per heavy atom. The molecule has 1 saturated carbocycles. The van der Waals surface area contributed by atoms with E-state index in [4.69, 9.17) is 4.74 Å². The Balaban J connectivity index is 1.31. The van der Waals surface area contributed by atoms with Gasteiger partial charge in [0.15, 0.2) is 5.82 Å². The molecular formula is C20H20N6OS. The summed E-state index contributed by atoms with van der Waals surface area (Å²) in [5.41, 5.74) is 3.08. The van der Waals surface area contributed by atoms with Gasteiger partial charge in [0.25, 0.3) is 0 Å². The minimum absolute atomic E-state index is 0.134. The zero-order valence-corrected chi connectivity index (χ0v) is 16.5. The lowest BCUT2D eigenvalue weighted by molar-refractivity contribution is 0.0789. The molecule has 0 aliphatic heterocycles. The number of rotatable bonds is 6. The molecule has 0 amide bonds. The number of aromatic nitrogens is 5. The molecule has 142 valence electrons. The second-order valence-electron chi connectivity index (χ2n) is 6.94. The first-order valence-corrected chi connectivity index (χ1v) is 9.90. The molecule has 0 bridgehead atoms. The minimum Gasteiger partial charge on any atom is -0.373 e. The van der Waals surface area contributed by atoms with Crippen LogP contribution in [0.15, 0.2) is 60.0 Å². The number of para-hydroxylation sites is 1. The number of pyridine rings is 1. The van der Waals surface area contributed by atoms with E-state index in [9.17, 15) is 0 Å². The highest BCUT2D eigenvalue weighted by Crippen LogP contribution is 2.48. The minimum atomic E-state index is -0.134. The number of hydrogen-bond donors (Lipinski definition) is 1. The largest absolute Gasteiger partial charge is 0.373 e. The number of aryl methyl sites for hydroxylation is 1. The predicted molar refractivity (Wildman–Crippen MR) is 109 cm³/mol. The van der Waals surface area contributed by atoms with Crippen LogP contribution in [-0.2, 0) is 17.4 Å². The molecule has 7 nitrogen and oxygen atoms in total. The standard InChI is InChI=1S/C20H20N6OS/c1-25-19-14(10-22-25)4-3-5-17(19)24-28-16-6-7-18(21-12-16)26-13-15(11-23-26)20(27-2)8-9-20/h3-7,10-13,24H,8-9H2,1-2H3. The Bertz CT molecular complexity index is 1130. The van der Waals surface area contributed by atoms with E-state index < -0.39 is 0 Å². The molecule has 3 aromatic heterocycles. The van der Waals surface area contributed by atoms with Gasteiger partial charge in [0.05, 0.1) is 29.2 Å². The van der Waals surface area contributed by atoms with Gasteiger partial charge in [0.2, 0.25) is 0 Å². The van der Waals surface area contributed by atoms with Crippen LogP contribution in [0.2, 0.25) is 0 Å². The van der Waals surface area contributed by atoms with Gasteiger partial charge in [0.1, 0.15) is 0 Å². The van der Waals surface area contributed by atoms with Crippen LogP contribution < -0.4 is 4.72 Å². The van der Waals surface area contributed by atoms with Crippen molar-refractivity contribution < 1.29 is 4.74 Å². The highest BCUT2D eigenvalue weighted by molar-refractivity contribution is 8.00. The lowest BCUT2D eigenvalue weighted by Gasteiger charge is -2.09. The second kappa shape index (κ2) is 6.65. The van der Waals surface area contributed by atoms with Crippen molar-refractivity contribution in [3.63, 3.8) is 0 Å². The monoisotopic (exact) mass is 392 g/mol. The summed E-state index contributed by atoms with van der Waals surface area (Å²) in [6, 6.07) is 10.1. The van der Waals surface area contributed by atoms with Gasteiger partial charge >= 0.3 is 0 Å². The van der Waals surface area contributed by atoms with Crippen molar-refractivity contribution in [2.75, 3.05) is 11.8 Å². The van der Waals surface area contributed by atoms with Crippen molar-refractivity contribution in [3.05, 3.63) is 60.7 Å². The van der Waals surface area contributed by atoms with E-state index in [0.29, 0.717) is 0 Å². The Kier molecular flexibility index (Phi) is 4.10. The third kappa shape index (κ3) is 2.94. The van der Waals surface area contributed by atoms with Crippen molar-refractivity contribution in [1.29, 1.82) is 0 Å². The third-order valence-electron chi connectivity index (χ3n) is 5.20. The summed E-state index contributed by atoms with van der Waals surface area (Å²) in [6.45, 7) is 0. The van der Waals surface area contributed by atoms with Crippen LogP contribution in [0.5, 0.6) is 0 Å². The van der Waals surface area contributed by atoms with Crippen LogP contribution >= 0.6 is 11.9 Å². The fraction of sp³-hybridized carbons (Fsp3) is 0.250. The Hall–Kier alpha value is -2.84. The summed E-state index contributed by atoms with van der Waals surface area (Å²) in [7, 11) is 3.70. The Morgan fingerprint density at radius 1 is 1.11 bits per heavy atom. The molecule has 0 atom stereocenters.